The third kappa shape index (κ3) is 1.48. The second kappa shape index (κ2) is 3.69. The number of fused-ring (bicyclic) bond motifs is 2. The molecule has 1 amide bonds. The number of piperidine rings is 1. The number of likely N-dealkylation sites (tertiary alicyclic amines) is 1. The van der Waals surface area contributed by atoms with E-state index in [4.69, 9.17) is 0 Å². The number of hydrogen-bond acceptors (Lipinski definition) is 5. The molecule has 0 aromatic carbocycles. The van der Waals surface area contributed by atoms with E-state index >= 15 is 0 Å². The van der Waals surface area contributed by atoms with E-state index in [1.807, 2.05) is 4.90 Å². The highest BCUT2D eigenvalue weighted by Gasteiger charge is 2.41. The average Bonchev–Trinajstić information content (AvgIpc) is 3.03. The minimum Gasteiger partial charge on any atom is -0.363 e. The summed E-state index contributed by atoms with van der Waals surface area (Å²) in [5.74, 6) is 0.789. The quantitative estimate of drug-likeness (QED) is 0.841. The molecule has 3 rings (SSSR count). The van der Waals surface area contributed by atoms with Gasteiger partial charge in [-0.05, 0) is 25.2 Å². The highest BCUT2D eigenvalue weighted by Crippen LogP contribution is 2.38. The standard InChI is InChI=1S/C10H14N4OS/c1-11-10-13-12-8(16-10)9(15)14-5-6-2-3-7(14)4-6/h6-7H,2-5H2,1H3,(H,11,13). The van der Waals surface area contributed by atoms with Crippen LogP contribution in [0.4, 0.5) is 5.13 Å². The van der Waals surface area contributed by atoms with Crippen LogP contribution < -0.4 is 5.32 Å². The van der Waals surface area contributed by atoms with Crippen molar-refractivity contribution in [2.75, 3.05) is 18.9 Å². The van der Waals surface area contributed by atoms with E-state index in [1.54, 1.807) is 7.05 Å². The lowest BCUT2D eigenvalue weighted by Crippen LogP contribution is -2.37. The summed E-state index contributed by atoms with van der Waals surface area (Å²) >= 11 is 1.33. The van der Waals surface area contributed by atoms with Gasteiger partial charge in [0.25, 0.3) is 5.91 Å². The van der Waals surface area contributed by atoms with Gasteiger partial charge in [-0.25, -0.2) is 0 Å². The minimum atomic E-state index is 0.0613. The van der Waals surface area contributed by atoms with Crippen LogP contribution in [0.25, 0.3) is 0 Å². The Kier molecular flexibility index (Phi) is 2.31. The fraction of sp³-hybridized carbons (Fsp3) is 0.700. The van der Waals surface area contributed by atoms with Gasteiger partial charge < -0.3 is 10.2 Å². The van der Waals surface area contributed by atoms with Crippen molar-refractivity contribution >= 4 is 22.4 Å². The maximum atomic E-state index is 12.2. The van der Waals surface area contributed by atoms with Crippen molar-refractivity contribution in [2.45, 2.75) is 25.3 Å². The lowest BCUT2D eigenvalue weighted by atomic mass is 10.1. The third-order valence-electron chi connectivity index (χ3n) is 3.49. The number of aromatic nitrogens is 2. The van der Waals surface area contributed by atoms with Crippen LogP contribution in [0.5, 0.6) is 0 Å². The number of nitrogens with one attached hydrogen (secondary N) is 1. The molecule has 5 nitrogen and oxygen atoms in total. The molecule has 1 saturated heterocycles. The topological polar surface area (TPSA) is 58.1 Å². The molecule has 86 valence electrons. The highest BCUT2D eigenvalue weighted by molar-refractivity contribution is 7.17. The number of amides is 1. The molecule has 0 radical (unpaired) electrons. The SMILES string of the molecule is CNc1nnc(C(=O)N2CC3CCC2C3)s1. The second-order valence-corrected chi connectivity index (χ2v) is 5.43. The van der Waals surface area contributed by atoms with Gasteiger partial charge in [0.1, 0.15) is 0 Å². The van der Waals surface area contributed by atoms with Gasteiger partial charge in [-0.2, -0.15) is 0 Å². The predicted molar refractivity (Wildman–Crippen MR) is 61.6 cm³/mol. The van der Waals surface area contributed by atoms with E-state index in [-0.39, 0.29) is 5.91 Å². The molecule has 2 unspecified atom stereocenters. The van der Waals surface area contributed by atoms with E-state index in [9.17, 15) is 4.79 Å². The van der Waals surface area contributed by atoms with Gasteiger partial charge in [0.2, 0.25) is 10.1 Å². The molecule has 2 fully saturated rings. The number of carbonyl (C=O) groups is 1. The van der Waals surface area contributed by atoms with Gasteiger partial charge in [0, 0.05) is 19.6 Å². The Bertz CT molecular complexity index is 419. The number of nitrogens with zero attached hydrogens (tertiary/aromatic N) is 3. The molecule has 16 heavy (non-hydrogen) atoms. The molecule has 2 aliphatic rings. The molecule has 1 saturated carbocycles. The highest BCUT2D eigenvalue weighted by atomic mass is 32.1. The van der Waals surface area contributed by atoms with Gasteiger partial charge in [-0.3, -0.25) is 4.79 Å². The molecule has 2 heterocycles. The van der Waals surface area contributed by atoms with Gasteiger partial charge in [-0.1, -0.05) is 11.3 Å². The third-order valence-corrected chi connectivity index (χ3v) is 4.42. The molecule has 1 aromatic rings. The molecule has 1 aliphatic heterocycles. The van der Waals surface area contributed by atoms with Gasteiger partial charge in [0.15, 0.2) is 0 Å². The van der Waals surface area contributed by atoms with Crippen LogP contribution in [0.1, 0.15) is 29.1 Å². The number of anilines is 1. The summed E-state index contributed by atoms with van der Waals surface area (Å²) in [4.78, 5) is 14.2. The van der Waals surface area contributed by atoms with Crippen LogP contribution in [0.15, 0.2) is 0 Å². The van der Waals surface area contributed by atoms with Crippen molar-refractivity contribution in [2.24, 2.45) is 5.92 Å². The lowest BCUT2D eigenvalue weighted by Gasteiger charge is -2.25. The molecule has 1 aliphatic carbocycles. The molecular formula is C10H14N4OS. The van der Waals surface area contributed by atoms with Gasteiger partial charge >= 0.3 is 0 Å². The molecule has 6 heteroatoms. The Morgan fingerprint density at radius 1 is 1.50 bits per heavy atom. The normalized spacial score (nSPS) is 27.4. The van der Waals surface area contributed by atoms with Gasteiger partial charge in [0.05, 0.1) is 0 Å². The zero-order valence-electron chi connectivity index (χ0n) is 9.14. The Hall–Kier alpha value is -1.17. The molecule has 2 atom stereocenters. The maximum Gasteiger partial charge on any atom is 0.285 e. The van der Waals surface area contributed by atoms with E-state index in [2.05, 4.69) is 15.5 Å². The van der Waals surface area contributed by atoms with Crippen molar-refractivity contribution in [3.63, 3.8) is 0 Å². The Morgan fingerprint density at radius 2 is 2.38 bits per heavy atom. The first-order chi connectivity index (χ1) is 7.78. The largest absolute Gasteiger partial charge is 0.363 e. The van der Waals surface area contributed by atoms with E-state index in [1.165, 1.54) is 24.2 Å². The van der Waals surface area contributed by atoms with Crippen LogP contribution in [0.3, 0.4) is 0 Å². The maximum absolute atomic E-state index is 12.2. The molecular weight excluding hydrogens is 224 g/mol. The smallest absolute Gasteiger partial charge is 0.285 e. The van der Waals surface area contributed by atoms with E-state index < -0.39 is 0 Å². The van der Waals surface area contributed by atoms with E-state index in [0.717, 1.165) is 18.9 Å². The summed E-state index contributed by atoms with van der Waals surface area (Å²) in [6.07, 6.45) is 3.63. The monoisotopic (exact) mass is 238 g/mol. The average molecular weight is 238 g/mol. The van der Waals surface area contributed by atoms with Crippen LogP contribution in [-0.2, 0) is 0 Å². The van der Waals surface area contributed by atoms with Crippen LogP contribution >= 0.6 is 11.3 Å². The summed E-state index contributed by atoms with van der Waals surface area (Å²) in [5.41, 5.74) is 0. The molecule has 1 N–H and O–H groups in total. The Morgan fingerprint density at radius 3 is 2.94 bits per heavy atom. The minimum absolute atomic E-state index is 0.0613. The second-order valence-electron chi connectivity index (χ2n) is 4.45. The van der Waals surface area contributed by atoms with E-state index in [0.29, 0.717) is 16.2 Å². The predicted octanol–water partition coefficient (Wildman–Crippen LogP) is 1.20. The lowest BCUT2D eigenvalue weighted by molar-refractivity contribution is 0.0702. The first-order valence-electron chi connectivity index (χ1n) is 5.60. The van der Waals surface area contributed by atoms with Crippen molar-refractivity contribution in [3.8, 4) is 0 Å². The fourth-order valence-electron chi connectivity index (χ4n) is 2.71. The van der Waals surface area contributed by atoms with Crippen molar-refractivity contribution < 1.29 is 4.79 Å². The zero-order chi connectivity index (χ0) is 11.1. The fourth-order valence-corrected chi connectivity index (χ4v) is 3.36. The summed E-state index contributed by atoms with van der Waals surface area (Å²) in [6, 6.07) is 0.458. The number of hydrogen-bond donors (Lipinski definition) is 1. The molecule has 1 aromatic heterocycles. The van der Waals surface area contributed by atoms with Crippen LogP contribution in [0, 0.1) is 5.92 Å². The Balaban J connectivity index is 1.77. The number of carbonyl (C=O) groups excluding carboxylic acids is 1. The van der Waals surface area contributed by atoms with Crippen LogP contribution in [-0.4, -0.2) is 40.6 Å². The first-order valence-corrected chi connectivity index (χ1v) is 6.42. The van der Waals surface area contributed by atoms with Crippen LogP contribution in [0.2, 0.25) is 0 Å². The Labute approximate surface area is 97.9 Å². The number of rotatable bonds is 2. The summed E-state index contributed by atoms with van der Waals surface area (Å²) in [5, 5.41) is 11.9. The molecule has 0 spiro atoms. The van der Waals surface area contributed by atoms with Gasteiger partial charge in [-0.15, -0.1) is 10.2 Å². The summed E-state index contributed by atoms with van der Waals surface area (Å²) in [7, 11) is 1.78. The van der Waals surface area contributed by atoms with Crippen molar-refractivity contribution in [1.82, 2.24) is 15.1 Å². The molecule has 2 bridgehead atoms. The zero-order valence-corrected chi connectivity index (χ0v) is 9.96. The summed E-state index contributed by atoms with van der Waals surface area (Å²) in [6.45, 7) is 0.915. The summed E-state index contributed by atoms with van der Waals surface area (Å²) < 4.78 is 0. The first kappa shape index (κ1) is 10.0. The van der Waals surface area contributed by atoms with Crippen molar-refractivity contribution in [1.29, 1.82) is 0 Å². The van der Waals surface area contributed by atoms with Crippen molar-refractivity contribution in [3.05, 3.63) is 5.01 Å².